The molecule has 2 amide bonds. The number of ether oxygens (including phenoxy) is 1. The third kappa shape index (κ3) is 4.70. The Morgan fingerprint density at radius 2 is 1.83 bits per heavy atom. The van der Waals surface area contributed by atoms with Crippen molar-refractivity contribution in [1.82, 2.24) is 20.4 Å². The Balaban J connectivity index is 1.58. The van der Waals surface area contributed by atoms with Crippen molar-refractivity contribution in [2.45, 2.75) is 26.4 Å². The Kier molecular flexibility index (Phi) is 6.49. The second kappa shape index (κ2) is 10.0. The van der Waals surface area contributed by atoms with Crippen LogP contribution in [0.3, 0.4) is 0 Å². The van der Waals surface area contributed by atoms with Crippen LogP contribution in [0.2, 0.25) is 0 Å². The van der Waals surface area contributed by atoms with Crippen molar-refractivity contribution in [2.24, 2.45) is 0 Å². The lowest BCUT2D eigenvalue weighted by atomic mass is 9.94. The van der Waals surface area contributed by atoms with E-state index in [0.29, 0.717) is 30.0 Å². The molecule has 1 aliphatic heterocycles. The van der Waals surface area contributed by atoms with Gasteiger partial charge in [0.15, 0.2) is 0 Å². The van der Waals surface area contributed by atoms with Gasteiger partial charge in [0.25, 0.3) is 5.89 Å². The highest BCUT2D eigenvalue weighted by molar-refractivity contribution is 5.86. The number of hydrogen-bond donors (Lipinski definition) is 1. The predicted molar refractivity (Wildman–Crippen MR) is 133 cm³/mol. The van der Waals surface area contributed by atoms with Gasteiger partial charge in [-0.25, -0.2) is 9.18 Å². The van der Waals surface area contributed by atoms with Crippen LogP contribution >= 0.6 is 0 Å². The van der Waals surface area contributed by atoms with E-state index in [9.17, 15) is 9.18 Å². The minimum Gasteiger partial charge on any atom is -0.494 e. The first-order valence-corrected chi connectivity index (χ1v) is 11.7. The highest BCUT2D eigenvalue weighted by Gasteiger charge is 2.35. The van der Waals surface area contributed by atoms with Crippen LogP contribution in [0.1, 0.15) is 36.9 Å². The third-order valence-corrected chi connectivity index (χ3v) is 6.04. The highest BCUT2D eigenvalue weighted by atomic mass is 19.1. The van der Waals surface area contributed by atoms with Gasteiger partial charge in [0.1, 0.15) is 11.6 Å². The van der Waals surface area contributed by atoms with Gasteiger partial charge in [-0.05, 0) is 49.2 Å². The number of aromatic nitrogens is 2. The minimum atomic E-state index is -0.527. The van der Waals surface area contributed by atoms with Crippen molar-refractivity contribution in [2.75, 3.05) is 6.61 Å². The minimum absolute atomic E-state index is 0.233. The molecule has 1 unspecified atom stereocenters. The van der Waals surface area contributed by atoms with Gasteiger partial charge in [-0.15, -0.1) is 0 Å². The molecule has 4 aromatic rings. The average molecular weight is 485 g/mol. The zero-order valence-corrected chi connectivity index (χ0v) is 19.9. The maximum atomic E-state index is 13.8. The summed E-state index contributed by atoms with van der Waals surface area (Å²) < 4.78 is 25.0. The van der Waals surface area contributed by atoms with Crippen molar-refractivity contribution < 1.29 is 18.4 Å². The molecule has 0 bridgehead atoms. The number of allylic oxidation sites excluding steroid dienone is 1. The molecule has 2 heterocycles. The zero-order valence-electron chi connectivity index (χ0n) is 19.9. The van der Waals surface area contributed by atoms with E-state index < -0.39 is 6.04 Å². The summed E-state index contributed by atoms with van der Waals surface area (Å²) in [5.41, 5.74) is 3.69. The molecule has 0 saturated heterocycles. The van der Waals surface area contributed by atoms with Gasteiger partial charge >= 0.3 is 6.03 Å². The largest absolute Gasteiger partial charge is 0.494 e. The summed E-state index contributed by atoms with van der Waals surface area (Å²) in [5, 5.41) is 7.19. The van der Waals surface area contributed by atoms with E-state index in [-0.39, 0.29) is 23.6 Å². The normalized spacial score (nSPS) is 15.7. The smallest absolute Gasteiger partial charge is 0.322 e. The lowest BCUT2D eigenvalue weighted by Crippen LogP contribution is -2.45. The second-order valence-electron chi connectivity index (χ2n) is 8.39. The fraction of sp³-hybridized carbons (Fsp3) is 0.179. The van der Waals surface area contributed by atoms with Crippen LogP contribution in [0.15, 0.2) is 89.1 Å². The van der Waals surface area contributed by atoms with E-state index >= 15 is 0 Å². The SMILES string of the molecule is CCOc1ccc(C2NC(=O)N(Cc3ccccc3)C(C)=C2c2nc(-c3cccc(F)c3)no2)cc1. The molecule has 36 heavy (non-hydrogen) atoms. The van der Waals surface area contributed by atoms with Crippen molar-refractivity contribution in [1.29, 1.82) is 0 Å². The molecular formula is C28H25FN4O3. The van der Waals surface area contributed by atoms with Gasteiger partial charge in [-0.1, -0.05) is 59.8 Å². The fourth-order valence-electron chi connectivity index (χ4n) is 4.27. The highest BCUT2D eigenvalue weighted by Crippen LogP contribution is 2.38. The Hall–Kier alpha value is -4.46. The fourth-order valence-corrected chi connectivity index (χ4v) is 4.27. The van der Waals surface area contributed by atoms with Crippen LogP contribution in [-0.2, 0) is 6.54 Å². The lowest BCUT2D eigenvalue weighted by Gasteiger charge is -2.35. The molecule has 1 atom stereocenters. The predicted octanol–water partition coefficient (Wildman–Crippen LogP) is 5.97. The zero-order chi connectivity index (χ0) is 25.1. The first-order chi connectivity index (χ1) is 17.5. The Morgan fingerprint density at radius 3 is 2.56 bits per heavy atom. The quantitative estimate of drug-likeness (QED) is 0.349. The number of hydrogen-bond acceptors (Lipinski definition) is 5. The van der Waals surface area contributed by atoms with Crippen molar-refractivity contribution in [3.05, 3.63) is 107 Å². The molecule has 1 N–H and O–H groups in total. The standard InChI is InChI=1S/C28H25FN4O3/c1-3-35-23-14-12-20(13-15-23)25-24(27-31-26(32-36-27)21-10-7-11-22(29)16-21)18(2)33(28(34)30-25)17-19-8-5-4-6-9-19/h4-16,25H,3,17H2,1-2H3,(H,30,34). The van der Waals surface area contributed by atoms with Crippen LogP contribution in [0, 0.1) is 5.82 Å². The van der Waals surface area contributed by atoms with Crippen LogP contribution < -0.4 is 10.1 Å². The molecule has 0 fully saturated rings. The van der Waals surface area contributed by atoms with E-state index in [1.54, 1.807) is 17.0 Å². The number of amides is 2. The van der Waals surface area contributed by atoms with Gasteiger partial charge < -0.3 is 14.6 Å². The third-order valence-electron chi connectivity index (χ3n) is 6.04. The Bertz CT molecular complexity index is 1400. The maximum Gasteiger partial charge on any atom is 0.322 e. The number of nitrogens with zero attached hydrogens (tertiary/aromatic N) is 3. The van der Waals surface area contributed by atoms with Gasteiger partial charge in [-0.2, -0.15) is 4.98 Å². The molecule has 8 heteroatoms. The molecule has 0 radical (unpaired) electrons. The summed E-state index contributed by atoms with van der Waals surface area (Å²) in [6, 6.07) is 22.5. The van der Waals surface area contributed by atoms with E-state index in [0.717, 1.165) is 16.9 Å². The van der Waals surface area contributed by atoms with Gasteiger partial charge in [-0.3, -0.25) is 4.90 Å². The molecule has 1 aliphatic rings. The Morgan fingerprint density at radius 1 is 1.06 bits per heavy atom. The summed E-state index contributed by atoms with van der Waals surface area (Å²) in [6.45, 7) is 4.73. The summed E-state index contributed by atoms with van der Waals surface area (Å²) in [4.78, 5) is 19.5. The molecule has 0 spiro atoms. The number of carbonyl (C=O) groups excluding carboxylic acids is 1. The van der Waals surface area contributed by atoms with Crippen molar-refractivity contribution >= 4 is 11.6 Å². The number of benzene rings is 3. The van der Waals surface area contributed by atoms with E-state index in [4.69, 9.17) is 9.26 Å². The number of rotatable bonds is 7. The molecule has 0 aliphatic carbocycles. The molecule has 0 saturated carbocycles. The average Bonchev–Trinajstić information content (AvgIpc) is 3.37. The first-order valence-electron chi connectivity index (χ1n) is 11.7. The van der Waals surface area contributed by atoms with E-state index in [1.807, 2.05) is 68.4 Å². The van der Waals surface area contributed by atoms with Crippen LogP contribution in [0.25, 0.3) is 17.0 Å². The summed E-state index contributed by atoms with van der Waals surface area (Å²) in [7, 11) is 0. The molecule has 3 aromatic carbocycles. The maximum absolute atomic E-state index is 13.8. The number of halogens is 1. The monoisotopic (exact) mass is 484 g/mol. The first kappa shape index (κ1) is 23.3. The second-order valence-corrected chi connectivity index (χ2v) is 8.39. The van der Waals surface area contributed by atoms with Crippen molar-refractivity contribution in [3.8, 4) is 17.1 Å². The summed E-state index contributed by atoms with van der Waals surface area (Å²) >= 11 is 0. The summed E-state index contributed by atoms with van der Waals surface area (Å²) in [6.07, 6.45) is 0. The molecule has 1 aromatic heterocycles. The number of nitrogens with one attached hydrogen (secondary N) is 1. The topological polar surface area (TPSA) is 80.5 Å². The molecule has 182 valence electrons. The lowest BCUT2D eigenvalue weighted by molar-refractivity contribution is 0.203. The number of urea groups is 1. The van der Waals surface area contributed by atoms with E-state index in [1.165, 1.54) is 12.1 Å². The number of carbonyl (C=O) groups is 1. The van der Waals surface area contributed by atoms with E-state index in [2.05, 4.69) is 15.5 Å². The van der Waals surface area contributed by atoms with Gasteiger partial charge in [0, 0.05) is 11.3 Å². The van der Waals surface area contributed by atoms with Crippen LogP contribution in [-0.4, -0.2) is 27.7 Å². The van der Waals surface area contributed by atoms with Gasteiger partial charge in [0.2, 0.25) is 5.82 Å². The summed E-state index contributed by atoms with van der Waals surface area (Å²) in [5.74, 6) is 0.869. The molecule has 7 nitrogen and oxygen atoms in total. The van der Waals surface area contributed by atoms with Crippen LogP contribution in [0.4, 0.5) is 9.18 Å². The van der Waals surface area contributed by atoms with Gasteiger partial charge in [0.05, 0.1) is 24.8 Å². The molecular weight excluding hydrogens is 459 g/mol. The van der Waals surface area contributed by atoms with Crippen molar-refractivity contribution in [3.63, 3.8) is 0 Å². The van der Waals surface area contributed by atoms with Crippen LogP contribution in [0.5, 0.6) is 5.75 Å². The molecule has 5 rings (SSSR count). The Labute approximate surface area is 208 Å².